The van der Waals surface area contributed by atoms with E-state index in [-0.39, 0.29) is 5.56 Å². The number of nitrogens with zero attached hydrogens (tertiary/aromatic N) is 4. The summed E-state index contributed by atoms with van der Waals surface area (Å²) < 4.78 is 0. The third kappa shape index (κ3) is 4.58. The molecular formula is C23H30N4O. The molecule has 1 aromatic carbocycles. The molecule has 0 atom stereocenters. The van der Waals surface area contributed by atoms with Gasteiger partial charge >= 0.3 is 0 Å². The van der Waals surface area contributed by atoms with E-state index in [1.54, 1.807) is 6.07 Å². The summed E-state index contributed by atoms with van der Waals surface area (Å²) in [7, 11) is 0. The fourth-order valence-electron chi connectivity index (χ4n) is 4.24. The fourth-order valence-corrected chi connectivity index (χ4v) is 4.24. The molecule has 0 radical (unpaired) electrons. The van der Waals surface area contributed by atoms with Gasteiger partial charge < -0.3 is 9.80 Å². The maximum atomic E-state index is 12.4. The Kier molecular flexibility index (Phi) is 6.32. The van der Waals surface area contributed by atoms with E-state index in [1.165, 1.54) is 58.2 Å². The van der Waals surface area contributed by atoms with Crippen LogP contribution in [0.4, 0.5) is 5.82 Å². The number of para-hydroxylation sites is 1. The van der Waals surface area contributed by atoms with Gasteiger partial charge in [0.25, 0.3) is 5.56 Å². The molecule has 148 valence electrons. The zero-order valence-electron chi connectivity index (χ0n) is 16.6. The van der Waals surface area contributed by atoms with Gasteiger partial charge in [-0.05, 0) is 63.5 Å². The first kappa shape index (κ1) is 19.1. The van der Waals surface area contributed by atoms with Crippen molar-refractivity contribution >= 4 is 22.8 Å². The molecule has 0 spiro atoms. The Balaban J connectivity index is 1.34. The number of likely N-dealkylation sites (tertiary alicyclic amines) is 1. The molecule has 4 rings (SSSR count). The van der Waals surface area contributed by atoms with Crippen LogP contribution in [0.1, 0.15) is 50.6 Å². The molecule has 5 heteroatoms. The second kappa shape index (κ2) is 9.28. The van der Waals surface area contributed by atoms with Crippen LogP contribution in [-0.4, -0.2) is 47.6 Å². The molecule has 0 unspecified atom stereocenters. The number of aromatic nitrogens is 2. The smallest absolute Gasteiger partial charge is 0.279 e. The van der Waals surface area contributed by atoms with Gasteiger partial charge in [0.05, 0.1) is 10.9 Å². The molecule has 2 aromatic rings. The average molecular weight is 379 g/mol. The van der Waals surface area contributed by atoms with Crippen molar-refractivity contribution in [2.45, 2.75) is 44.9 Å². The van der Waals surface area contributed by atoms with Gasteiger partial charge in [-0.3, -0.25) is 4.79 Å². The Morgan fingerprint density at radius 1 is 0.893 bits per heavy atom. The molecular weight excluding hydrogens is 348 g/mol. The molecule has 0 aliphatic carbocycles. The van der Waals surface area contributed by atoms with Crippen molar-refractivity contribution < 1.29 is 0 Å². The summed E-state index contributed by atoms with van der Waals surface area (Å²) in [5, 5.41) is 0.586. The molecule has 1 saturated heterocycles. The number of fused-ring (bicyclic) bond motifs is 2. The summed E-state index contributed by atoms with van der Waals surface area (Å²) >= 11 is 0. The van der Waals surface area contributed by atoms with Crippen LogP contribution in [0.2, 0.25) is 0 Å². The van der Waals surface area contributed by atoms with Crippen molar-refractivity contribution in [3.05, 3.63) is 46.4 Å². The van der Waals surface area contributed by atoms with E-state index in [0.717, 1.165) is 30.8 Å². The highest BCUT2D eigenvalue weighted by atomic mass is 16.1. The average Bonchev–Trinajstić information content (AvgIpc) is 2.88. The van der Waals surface area contributed by atoms with Crippen LogP contribution in [0.15, 0.2) is 35.1 Å². The largest absolute Gasteiger partial charge is 0.351 e. The minimum Gasteiger partial charge on any atom is -0.351 e. The van der Waals surface area contributed by atoms with Gasteiger partial charge in [0.15, 0.2) is 5.82 Å². The van der Waals surface area contributed by atoms with E-state index in [1.807, 2.05) is 24.3 Å². The van der Waals surface area contributed by atoms with Crippen LogP contribution in [0.3, 0.4) is 0 Å². The SMILES string of the molecule is O=c1nc2c(nc3ccccc13)N(CCCCCCN1CCCCC1)CC=C2. The summed E-state index contributed by atoms with van der Waals surface area (Å²) in [5.41, 5.74) is 1.22. The van der Waals surface area contributed by atoms with E-state index >= 15 is 0 Å². The fraction of sp³-hybridized carbons (Fsp3) is 0.522. The van der Waals surface area contributed by atoms with Crippen molar-refractivity contribution in [3.8, 4) is 0 Å². The van der Waals surface area contributed by atoms with Crippen LogP contribution in [0.25, 0.3) is 17.0 Å². The summed E-state index contributed by atoms with van der Waals surface area (Å²) in [6.45, 7) is 5.64. The van der Waals surface area contributed by atoms with Gasteiger partial charge in [0, 0.05) is 13.1 Å². The predicted molar refractivity (Wildman–Crippen MR) is 116 cm³/mol. The zero-order chi connectivity index (χ0) is 19.2. The molecule has 0 amide bonds. The monoisotopic (exact) mass is 378 g/mol. The van der Waals surface area contributed by atoms with Crippen molar-refractivity contribution in [2.75, 3.05) is 37.6 Å². The van der Waals surface area contributed by atoms with Crippen LogP contribution < -0.4 is 10.5 Å². The number of rotatable bonds is 7. The minimum absolute atomic E-state index is 0.200. The first-order valence-corrected chi connectivity index (χ1v) is 10.8. The van der Waals surface area contributed by atoms with E-state index in [0.29, 0.717) is 11.1 Å². The molecule has 2 aliphatic rings. The lowest BCUT2D eigenvalue weighted by atomic mass is 10.1. The van der Waals surface area contributed by atoms with E-state index in [4.69, 9.17) is 4.98 Å². The Labute approximate surface area is 167 Å². The summed E-state index contributed by atoms with van der Waals surface area (Å²) in [5.74, 6) is 0.842. The van der Waals surface area contributed by atoms with Crippen molar-refractivity contribution in [2.24, 2.45) is 0 Å². The highest BCUT2D eigenvalue weighted by Crippen LogP contribution is 2.22. The second-order valence-electron chi connectivity index (χ2n) is 7.92. The Morgan fingerprint density at radius 3 is 2.54 bits per heavy atom. The number of hydrogen-bond acceptors (Lipinski definition) is 5. The van der Waals surface area contributed by atoms with Gasteiger partial charge in [-0.15, -0.1) is 0 Å². The van der Waals surface area contributed by atoms with Gasteiger partial charge in [-0.25, -0.2) is 9.97 Å². The lowest BCUT2D eigenvalue weighted by Gasteiger charge is -2.26. The number of benzene rings is 1. The molecule has 0 N–H and O–H groups in total. The van der Waals surface area contributed by atoms with Crippen molar-refractivity contribution in [1.82, 2.24) is 14.9 Å². The maximum Gasteiger partial charge on any atom is 0.279 e. The quantitative estimate of drug-likeness (QED) is 0.685. The van der Waals surface area contributed by atoms with E-state index < -0.39 is 0 Å². The van der Waals surface area contributed by atoms with Gasteiger partial charge in [0.2, 0.25) is 0 Å². The first-order valence-electron chi connectivity index (χ1n) is 10.8. The zero-order valence-corrected chi connectivity index (χ0v) is 16.6. The minimum atomic E-state index is -0.200. The molecule has 2 aliphatic heterocycles. The van der Waals surface area contributed by atoms with Crippen LogP contribution in [0.5, 0.6) is 0 Å². The number of anilines is 1. The normalized spacial score (nSPS) is 17.1. The number of piperidine rings is 1. The molecule has 0 saturated carbocycles. The molecule has 28 heavy (non-hydrogen) atoms. The van der Waals surface area contributed by atoms with Crippen molar-refractivity contribution in [3.63, 3.8) is 0 Å². The highest BCUT2D eigenvalue weighted by molar-refractivity contribution is 5.80. The predicted octanol–water partition coefficient (Wildman–Crippen LogP) is 3.87. The van der Waals surface area contributed by atoms with Crippen molar-refractivity contribution in [1.29, 1.82) is 0 Å². The Morgan fingerprint density at radius 2 is 1.68 bits per heavy atom. The van der Waals surface area contributed by atoms with Crippen LogP contribution >= 0.6 is 0 Å². The standard InChI is InChI=1S/C23H30N4O/c28-23-19-11-4-5-12-20(19)24-22-21(25-23)13-10-18-27(22)17-9-2-1-6-14-26-15-7-3-8-16-26/h4-5,10-13H,1-3,6-9,14-18H2. The second-order valence-corrected chi connectivity index (χ2v) is 7.92. The molecule has 1 aromatic heterocycles. The summed E-state index contributed by atoms with van der Waals surface area (Å²) in [6, 6.07) is 7.49. The van der Waals surface area contributed by atoms with E-state index in [2.05, 4.69) is 20.9 Å². The first-order chi connectivity index (χ1) is 13.8. The van der Waals surface area contributed by atoms with E-state index in [9.17, 15) is 4.79 Å². The lowest BCUT2D eigenvalue weighted by Crippen LogP contribution is -2.30. The van der Waals surface area contributed by atoms with Crippen LogP contribution in [0, 0.1) is 0 Å². The summed E-state index contributed by atoms with van der Waals surface area (Å²) in [4.78, 5) is 26.4. The maximum absolute atomic E-state index is 12.4. The third-order valence-corrected chi connectivity index (χ3v) is 5.81. The molecule has 1 fully saturated rings. The number of hydrogen-bond donors (Lipinski definition) is 0. The topological polar surface area (TPSA) is 49.3 Å². The highest BCUT2D eigenvalue weighted by Gasteiger charge is 2.16. The molecule has 0 bridgehead atoms. The lowest BCUT2D eigenvalue weighted by molar-refractivity contribution is 0.224. The van der Waals surface area contributed by atoms with Gasteiger partial charge in [-0.1, -0.05) is 37.5 Å². The third-order valence-electron chi connectivity index (χ3n) is 5.81. The summed E-state index contributed by atoms with van der Waals surface area (Å²) in [6.07, 6.45) is 13.1. The Bertz CT molecular complexity index is 889. The van der Waals surface area contributed by atoms with Gasteiger partial charge in [0.1, 0.15) is 5.69 Å². The molecule has 3 heterocycles. The number of unbranched alkanes of at least 4 members (excludes halogenated alkanes) is 3. The van der Waals surface area contributed by atoms with Crippen LogP contribution in [-0.2, 0) is 0 Å². The Hall–Kier alpha value is -2.27. The van der Waals surface area contributed by atoms with Gasteiger partial charge in [-0.2, -0.15) is 0 Å². The molecule has 5 nitrogen and oxygen atoms in total.